The maximum atomic E-state index is 13.7. The zero-order valence-corrected chi connectivity index (χ0v) is 11.9. The lowest BCUT2D eigenvalue weighted by atomic mass is 10.1. The van der Waals surface area contributed by atoms with E-state index in [1.165, 1.54) is 12.1 Å². The molecule has 0 aliphatic carbocycles. The molecule has 3 rings (SSSR count). The number of benzene rings is 2. The van der Waals surface area contributed by atoms with E-state index in [4.69, 9.17) is 0 Å². The molecule has 0 spiro atoms. The van der Waals surface area contributed by atoms with Gasteiger partial charge in [0.25, 0.3) is 5.91 Å². The molecule has 3 nitrogen and oxygen atoms in total. The number of nitrogens with one attached hydrogen (secondary N) is 2. The molecule has 0 unspecified atom stereocenters. The fourth-order valence-corrected chi connectivity index (χ4v) is 2.31. The van der Waals surface area contributed by atoms with Gasteiger partial charge in [0, 0.05) is 27.1 Å². The Balaban J connectivity index is 1.88. The van der Waals surface area contributed by atoms with Crippen LogP contribution in [0.15, 0.2) is 53.1 Å². The van der Waals surface area contributed by atoms with Gasteiger partial charge in [-0.15, -0.1) is 0 Å². The smallest absolute Gasteiger partial charge is 0.255 e. The molecule has 0 atom stereocenters. The number of amides is 1. The number of hydrogen-bond donors (Lipinski definition) is 2. The SMILES string of the molecule is O=C(Nc1ccc(Br)cc1F)c1ccc2[nH]ccc2c1. The standard InChI is InChI=1S/C15H10BrFN2O/c16-11-2-4-14(12(17)8-11)19-15(20)10-1-3-13-9(7-10)5-6-18-13/h1-8,18H,(H,19,20). The lowest BCUT2D eigenvalue weighted by molar-refractivity contribution is 0.102. The zero-order valence-electron chi connectivity index (χ0n) is 10.3. The first-order valence-corrected chi connectivity index (χ1v) is 6.76. The van der Waals surface area contributed by atoms with Gasteiger partial charge in [0.2, 0.25) is 0 Å². The van der Waals surface area contributed by atoms with Crippen molar-refractivity contribution in [3.05, 3.63) is 64.5 Å². The number of carbonyl (C=O) groups excluding carboxylic acids is 1. The summed E-state index contributed by atoms with van der Waals surface area (Å²) in [7, 11) is 0. The molecule has 0 aliphatic rings. The second-order valence-corrected chi connectivity index (χ2v) is 5.27. The quantitative estimate of drug-likeness (QED) is 0.721. The molecule has 100 valence electrons. The van der Waals surface area contributed by atoms with E-state index in [1.54, 1.807) is 24.4 Å². The highest BCUT2D eigenvalue weighted by atomic mass is 79.9. The van der Waals surface area contributed by atoms with Crippen molar-refractivity contribution in [2.75, 3.05) is 5.32 Å². The average Bonchev–Trinajstić information content (AvgIpc) is 2.89. The number of halogens is 2. The van der Waals surface area contributed by atoms with Crippen LogP contribution in [0.5, 0.6) is 0 Å². The highest BCUT2D eigenvalue weighted by Gasteiger charge is 2.10. The van der Waals surface area contributed by atoms with Gasteiger partial charge in [-0.05, 0) is 42.5 Å². The van der Waals surface area contributed by atoms with Gasteiger partial charge in [0.05, 0.1) is 5.69 Å². The molecular formula is C15H10BrFN2O. The van der Waals surface area contributed by atoms with E-state index in [2.05, 4.69) is 26.2 Å². The van der Waals surface area contributed by atoms with Crippen LogP contribution in [0, 0.1) is 5.82 Å². The minimum absolute atomic E-state index is 0.160. The first kappa shape index (κ1) is 12.9. The molecule has 2 aromatic carbocycles. The summed E-state index contributed by atoms with van der Waals surface area (Å²) in [5, 5.41) is 3.50. The van der Waals surface area contributed by atoms with E-state index in [-0.39, 0.29) is 11.6 Å². The second-order valence-electron chi connectivity index (χ2n) is 4.36. The summed E-state index contributed by atoms with van der Waals surface area (Å²) in [6, 6.07) is 11.7. The normalized spacial score (nSPS) is 10.7. The Bertz CT molecular complexity index is 797. The molecule has 5 heteroatoms. The van der Waals surface area contributed by atoms with Gasteiger partial charge in [0.15, 0.2) is 0 Å². The van der Waals surface area contributed by atoms with E-state index in [0.29, 0.717) is 10.0 Å². The first-order chi connectivity index (χ1) is 9.63. The Kier molecular flexibility index (Phi) is 3.28. The van der Waals surface area contributed by atoms with E-state index in [0.717, 1.165) is 10.9 Å². The van der Waals surface area contributed by atoms with Crippen LogP contribution in [0.1, 0.15) is 10.4 Å². The molecule has 1 amide bonds. The molecule has 0 fully saturated rings. The molecule has 0 aliphatic heterocycles. The Morgan fingerprint density at radius 1 is 1.15 bits per heavy atom. The van der Waals surface area contributed by atoms with Crippen molar-refractivity contribution in [2.24, 2.45) is 0 Å². The summed E-state index contributed by atoms with van der Waals surface area (Å²) in [4.78, 5) is 15.2. The van der Waals surface area contributed by atoms with E-state index < -0.39 is 5.82 Å². The third kappa shape index (κ3) is 2.44. The molecule has 1 aromatic heterocycles. The molecule has 20 heavy (non-hydrogen) atoms. The van der Waals surface area contributed by atoms with Crippen LogP contribution < -0.4 is 5.32 Å². The molecular weight excluding hydrogens is 323 g/mol. The van der Waals surface area contributed by atoms with E-state index in [1.807, 2.05) is 12.1 Å². The maximum Gasteiger partial charge on any atom is 0.255 e. The van der Waals surface area contributed by atoms with Gasteiger partial charge in [0.1, 0.15) is 5.82 Å². The van der Waals surface area contributed by atoms with Crippen molar-refractivity contribution in [1.29, 1.82) is 0 Å². The summed E-state index contributed by atoms with van der Waals surface area (Å²) in [6.07, 6.45) is 1.81. The average molecular weight is 333 g/mol. The highest BCUT2D eigenvalue weighted by Crippen LogP contribution is 2.21. The van der Waals surface area contributed by atoms with Crippen molar-refractivity contribution in [1.82, 2.24) is 4.98 Å². The molecule has 0 bridgehead atoms. The van der Waals surface area contributed by atoms with Crippen LogP contribution in [0.25, 0.3) is 10.9 Å². The van der Waals surface area contributed by atoms with Crippen molar-refractivity contribution in [2.45, 2.75) is 0 Å². The number of fused-ring (bicyclic) bond motifs is 1. The molecule has 0 saturated heterocycles. The van der Waals surface area contributed by atoms with Crippen LogP contribution in [0.2, 0.25) is 0 Å². The largest absolute Gasteiger partial charge is 0.361 e. The van der Waals surface area contributed by atoms with Gasteiger partial charge in [-0.25, -0.2) is 4.39 Å². The summed E-state index contributed by atoms with van der Waals surface area (Å²) in [5.41, 5.74) is 1.60. The van der Waals surface area contributed by atoms with Gasteiger partial charge in [-0.3, -0.25) is 4.79 Å². The predicted molar refractivity (Wildman–Crippen MR) is 80.4 cm³/mol. The lowest BCUT2D eigenvalue weighted by Gasteiger charge is -2.07. The number of hydrogen-bond acceptors (Lipinski definition) is 1. The predicted octanol–water partition coefficient (Wildman–Crippen LogP) is 4.32. The number of aromatic amines is 1. The van der Waals surface area contributed by atoms with Crippen molar-refractivity contribution >= 4 is 38.4 Å². The Hall–Kier alpha value is -2.14. The number of carbonyl (C=O) groups is 1. The third-order valence-corrected chi connectivity index (χ3v) is 3.49. The zero-order chi connectivity index (χ0) is 14.1. The number of rotatable bonds is 2. The minimum Gasteiger partial charge on any atom is -0.361 e. The maximum absolute atomic E-state index is 13.7. The molecule has 3 aromatic rings. The van der Waals surface area contributed by atoms with Crippen LogP contribution in [0.4, 0.5) is 10.1 Å². The second kappa shape index (κ2) is 5.09. The fraction of sp³-hybridized carbons (Fsp3) is 0. The first-order valence-electron chi connectivity index (χ1n) is 5.97. The van der Waals surface area contributed by atoms with E-state index >= 15 is 0 Å². The van der Waals surface area contributed by atoms with E-state index in [9.17, 15) is 9.18 Å². The number of anilines is 1. The number of aromatic nitrogens is 1. The summed E-state index contributed by atoms with van der Waals surface area (Å²) < 4.78 is 14.3. The van der Waals surface area contributed by atoms with Crippen molar-refractivity contribution in [3.63, 3.8) is 0 Å². The Morgan fingerprint density at radius 3 is 2.80 bits per heavy atom. The molecule has 0 saturated carbocycles. The van der Waals surface area contributed by atoms with Crippen LogP contribution in [-0.4, -0.2) is 10.9 Å². The van der Waals surface area contributed by atoms with Gasteiger partial charge in [-0.2, -0.15) is 0 Å². The Morgan fingerprint density at radius 2 is 2.00 bits per heavy atom. The van der Waals surface area contributed by atoms with Gasteiger partial charge < -0.3 is 10.3 Å². The Labute approximate surface area is 122 Å². The molecule has 2 N–H and O–H groups in total. The lowest BCUT2D eigenvalue weighted by Crippen LogP contribution is -2.12. The fourth-order valence-electron chi connectivity index (χ4n) is 1.98. The van der Waals surface area contributed by atoms with Gasteiger partial charge in [-0.1, -0.05) is 15.9 Å². The monoisotopic (exact) mass is 332 g/mol. The summed E-state index contributed by atoms with van der Waals surface area (Å²) in [5.74, 6) is -0.815. The van der Waals surface area contributed by atoms with Crippen LogP contribution >= 0.6 is 15.9 Å². The third-order valence-electron chi connectivity index (χ3n) is 2.99. The summed E-state index contributed by atoms with van der Waals surface area (Å²) in [6.45, 7) is 0. The topological polar surface area (TPSA) is 44.9 Å². The molecule has 0 radical (unpaired) electrons. The molecule has 1 heterocycles. The van der Waals surface area contributed by atoms with Crippen molar-refractivity contribution < 1.29 is 9.18 Å². The summed E-state index contributed by atoms with van der Waals surface area (Å²) >= 11 is 3.17. The van der Waals surface area contributed by atoms with Crippen molar-refractivity contribution in [3.8, 4) is 0 Å². The highest BCUT2D eigenvalue weighted by molar-refractivity contribution is 9.10. The minimum atomic E-state index is -0.476. The van der Waals surface area contributed by atoms with Crippen LogP contribution in [0.3, 0.4) is 0 Å². The van der Waals surface area contributed by atoms with Crippen LogP contribution in [-0.2, 0) is 0 Å². The number of H-pyrrole nitrogens is 1. The van der Waals surface area contributed by atoms with Gasteiger partial charge >= 0.3 is 0 Å².